The number of hydrogen-bond donors (Lipinski definition) is 2. The average molecular weight is 344 g/mol. The molecule has 0 radical (unpaired) electrons. The molecule has 1 aliphatic heterocycles. The van der Waals surface area contributed by atoms with E-state index in [0.717, 1.165) is 5.56 Å². The largest absolute Gasteiger partial charge is 0.394 e. The van der Waals surface area contributed by atoms with Crippen molar-refractivity contribution in [2.45, 2.75) is 25.1 Å². The quantitative estimate of drug-likeness (QED) is 0.525. The van der Waals surface area contributed by atoms with Gasteiger partial charge in [0.1, 0.15) is 0 Å². The van der Waals surface area contributed by atoms with Gasteiger partial charge >= 0.3 is 0 Å². The first kappa shape index (κ1) is 17.8. The van der Waals surface area contributed by atoms with Gasteiger partial charge in [0.25, 0.3) is 5.69 Å². The van der Waals surface area contributed by atoms with Gasteiger partial charge in [0.15, 0.2) is 9.84 Å². The first-order valence-corrected chi connectivity index (χ1v) is 9.09. The van der Waals surface area contributed by atoms with E-state index < -0.39 is 27.5 Å². The maximum Gasteiger partial charge on any atom is 0.269 e. The fraction of sp³-hybridized carbons (Fsp3) is 0.571. The maximum absolute atomic E-state index is 11.7. The number of non-ortho nitro benzene ring substituents is 1. The van der Waals surface area contributed by atoms with Crippen molar-refractivity contribution in [2.24, 2.45) is 0 Å². The normalized spacial score (nSPS) is 21.4. The third kappa shape index (κ3) is 4.96. The molecule has 1 fully saturated rings. The lowest BCUT2D eigenvalue weighted by Crippen LogP contribution is -2.41. The molecule has 1 aliphatic rings. The van der Waals surface area contributed by atoms with E-state index >= 15 is 0 Å². The number of rotatable bonds is 7. The summed E-state index contributed by atoms with van der Waals surface area (Å²) in [5.41, 5.74) is 0.768. The zero-order chi connectivity index (χ0) is 17.0. The molecule has 1 saturated heterocycles. The van der Waals surface area contributed by atoms with Gasteiger partial charge in [-0.3, -0.25) is 15.0 Å². The molecular formula is C14H20N2O6S. The number of aliphatic hydroxyl groups is 2. The zero-order valence-corrected chi connectivity index (χ0v) is 13.4. The van der Waals surface area contributed by atoms with Crippen LogP contribution in [0.15, 0.2) is 24.3 Å². The smallest absolute Gasteiger partial charge is 0.269 e. The molecule has 0 aromatic heterocycles. The van der Waals surface area contributed by atoms with Crippen LogP contribution in [0.5, 0.6) is 0 Å². The second-order valence-corrected chi connectivity index (χ2v) is 7.97. The number of aliphatic hydroxyl groups excluding tert-OH is 2. The highest BCUT2D eigenvalue weighted by molar-refractivity contribution is 7.91. The fourth-order valence-corrected chi connectivity index (χ4v) is 4.45. The minimum absolute atomic E-state index is 0.0147. The number of sulfone groups is 1. The van der Waals surface area contributed by atoms with Crippen molar-refractivity contribution in [3.05, 3.63) is 39.9 Å². The molecule has 0 bridgehead atoms. The summed E-state index contributed by atoms with van der Waals surface area (Å²) in [5, 5.41) is 29.4. The molecule has 2 N–H and O–H groups in total. The summed E-state index contributed by atoms with van der Waals surface area (Å²) in [5.74, 6) is 0.141. The van der Waals surface area contributed by atoms with Crippen molar-refractivity contribution in [1.29, 1.82) is 0 Å². The third-order valence-corrected chi connectivity index (χ3v) is 5.66. The lowest BCUT2D eigenvalue weighted by molar-refractivity contribution is -0.384. The Kier molecular flexibility index (Phi) is 5.69. The van der Waals surface area contributed by atoms with E-state index in [1.807, 2.05) is 4.90 Å². The Morgan fingerprint density at radius 2 is 2.00 bits per heavy atom. The van der Waals surface area contributed by atoms with Crippen LogP contribution in [0.2, 0.25) is 0 Å². The molecule has 1 aromatic carbocycles. The molecule has 9 heteroatoms. The van der Waals surface area contributed by atoms with Gasteiger partial charge in [-0.2, -0.15) is 0 Å². The highest BCUT2D eigenvalue weighted by Crippen LogP contribution is 2.21. The Labute approximate surface area is 134 Å². The van der Waals surface area contributed by atoms with Gasteiger partial charge in [-0.15, -0.1) is 0 Å². The van der Waals surface area contributed by atoms with Crippen LogP contribution in [0.3, 0.4) is 0 Å². The molecule has 1 aromatic rings. The SMILES string of the molecule is O=[N+]([O-])c1ccc(CN(C[C@@H](O)CO)[C@@H]2CCS(=O)(=O)C2)cc1. The van der Waals surface area contributed by atoms with E-state index in [0.29, 0.717) is 13.0 Å². The van der Waals surface area contributed by atoms with Crippen molar-refractivity contribution >= 4 is 15.5 Å². The Bertz CT molecular complexity index is 646. The number of nitro groups is 1. The number of nitro benzene ring substituents is 1. The van der Waals surface area contributed by atoms with Crippen molar-refractivity contribution < 1.29 is 23.6 Å². The molecule has 0 aliphatic carbocycles. The molecule has 23 heavy (non-hydrogen) atoms. The second kappa shape index (κ2) is 7.35. The molecule has 1 heterocycles. The summed E-state index contributed by atoms with van der Waals surface area (Å²) in [6.45, 7) is 0.0964. The van der Waals surface area contributed by atoms with Gasteiger partial charge in [-0.1, -0.05) is 12.1 Å². The van der Waals surface area contributed by atoms with Crippen molar-refractivity contribution in [3.63, 3.8) is 0 Å². The van der Waals surface area contributed by atoms with Gasteiger partial charge in [-0.05, 0) is 12.0 Å². The molecule has 8 nitrogen and oxygen atoms in total. The van der Waals surface area contributed by atoms with Crippen LogP contribution in [-0.2, 0) is 16.4 Å². The van der Waals surface area contributed by atoms with Gasteiger partial charge < -0.3 is 10.2 Å². The van der Waals surface area contributed by atoms with E-state index in [-0.39, 0.29) is 29.8 Å². The van der Waals surface area contributed by atoms with Crippen LogP contribution >= 0.6 is 0 Å². The summed E-state index contributed by atoms with van der Waals surface area (Å²) < 4.78 is 23.3. The van der Waals surface area contributed by atoms with E-state index in [1.54, 1.807) is 12.1 Å². The zero-order valence-electron chi connectivity index (χ0n) is 12.5. The van der Waals surface area contributed by atoms with Crippen LogP contribution < -0.4 is 0 Å². The predicted octanol–water partition coefficient (Wildman–Crippen LogP) is -0.0629. The second-order valence-electron chi connectivity index (χ2n) is 5.75. The minimum Gasteiger partial charge on any atom is -0.394 e. The summed E-state index contributed by atoms with van der Waals surface area (Å²) in [6, 6.07) is 5.78. The van der Waals surface area contributed by atoms with Crippen LogP contribution in [0.1, 0.15) is 12.0 Å². The van der Waals surface area contributed by atoms with E-state index in [4.69, 9.17) is 5.11 Å². The average Bonchev–Trinajstić information content (AvgIpc) is 2.87. The van der Waals surface area contributed by atoms with Crippen LogP contribution in [0.4, 0.5) is 5.69 Å². The summed E-state index contributed by atoms with van der Waals surface area (Å²) in [4.78, 5) is 12.0. The highest BCUT2D eigenvalue weighted by atomic mass is 32.2. The van der Waals surface area contributed by atoms with Crippen LogP contribution in [0.25, 0.3) is 0 Å². The van der Waals surface area contributed by atoms with Gasteiger partial charge in [-0.25, -0.2) is 8.42 Å². The fourth-order valence-electron chi connectivity index (χ4n) is 2.69. The molecule has 0 saturated carbocycles. The van der Waals surface area contributed by atoms with E-state index in [2.05, 4.69) is 0 Å². The van der Waals surface area contributed by atoms with Crippen LogP contribution in [-0.4, -0.2) is 65.3 Å². The molecule has 2 atom stereocenters. The molecule has 2 rings (SSSR count). The lowest BCUT2D eigenvalue weighted by Gasteiger charge is -2.29. The minimum atomic E-state index is -3.07. The Morgan fingerprint density at radius 1 is 1.35 bits per heavy atom. The Morgan fingerprint density at radius 3 is 2.48 bits per heavy atom. The first-order valence-electron chi connectivity index (χ1n) is 7.27. The number of benzene rings is 1. The van der Waals surface area contributed by atoms with Crippen LogP contribution in [0, 0.1) is 10.1 Å². The van der Waals surface area contributed by atoms with Crippen molar-refractivity contribution in [1.82, 2.24) is 4.90 Å². The summed E-state index contributed by atoms with van der Waals surface area (Å²) in [6.07, 6.45) is -0.482. The van der Waals surface area contributed by atoms with Gasteiger partial charge in [0.05, 0.1) is 29.1 Å². The number of nitrogens with zero attached hydrogens (tertiary/aromatic N) is 2. The maximum atomic E-state index is 11.7. The topological polar surface area (TPSA) is 121 Å². The number of hydrogen-bond acceptors (Lipinski definition) is 7. The summed E-state index contributed by atoms with van der Waals surface area (Å²) >= 11 is 0. The first-order chi connectivity index (χ1) is 10.8. The van der Waals surface area contributed by atoms with E-state index in [9.17, 15) is 23.6 Å². The van der Waals surface area contributed by atoms with Crippen molar-refractivity contribution in [2.75, 3.05) is 24.7 Å². The standard InChI is InChI=1S/C14H20N2O6S/c17-9-14(18)8-15(13-5-6-23(21,22)10-13)7-11-1-3-12(4-2-11)16(19)20/h1-4,13-14,17-18H,5-10H2/t13-,14-/m1/s1. The lowest BCUT2D eigenvalue weighted by atomic mass is 10.1. The molecule has 128 valence electrons. The third-order valence-electron chi connectivity index (χ3n) is 3.91. The monoisotopic (exact) mass is 344 g/mol. The molecular weight excluding hydrogens is 324 g/mol. The highest BCUT2D eigenvalue weighted by Gasteiger charge is 2.33. The molecule has 0 spiro atoms. The van der Waals surface area contributed by atoms with Gasteiger partial charge in [0, 0.05) is 31.3 Å². The predicted molar refractivity (Wildman–Crippen MR) is 83.7 cm³/mol. The summed E-state index contributed by atoms with van der Waals surface area (Å²) in [7, 11) is -3.07. The molecule has 0 unspecified atom stereocenters. The molecule has 0 amide bonds. The van der Waals surface area contributed by atoms with Gasteiger partial charge in [0.2, 0.25) is 0 Å². The van der Waals surface area contributed by atoms with E-state index in [1.165, 1.54) is 12.1 Å². The van der Waals surface area contributed by atoms with Crippen molar-refractivity contribution in [3.8, 4) is 0 Å². The Hall–Kier alpha value is -1.55. The Balaban J connectivity index is 2.12.